The van der Waals surface area contributed by atoms with Crippen LogP contribution < -0.4 is 5.32 Å². The summed E-state index contributed by atoms with van der Waals surface area (Å²) in [4.78, 5) is 12.0. The first-order valence-electron chi connectivity index (χ1n) is 7.46. The van der Waals surface area contributed by atoms with Crippen LogP contribution >= 0.6 is 0 Å². The molecule has 5 nitrogen and oxygen atoms in total. The minimum Gasteiger partial charge on any atom is -0.444 e. The van der Waals surface area contributed by atoms with Gasteiger partial charge in [-0.05, 0) is 44.5 Å². The fourth-order valence-electron chi connectivity index (χ4n) is 2.18. The number of amides is 1. The molecule has 0 fully saturated rings. The van der Waals surface area contributed by atoms with Gasteiger partial charge in [-0.3, -0.25) is 5.32 Å². The summed E-state index contributed by atoms with van der Waals surface area (Å²) in [7, 11) is -3.32. The van der Waals surface area contributed by atoms with Crippen molar-refractivity contribution >= 4 is 21.6 Å². The van der Waals surface area contributed by atoms with Crippen LogP contribution in [0, 0.1) is 0 Å². The van der Waals surface area contributed by atoms with E-state index in [1.54, 1.807) is 69.3 Å². The third-order valence-electron chi connectivity index (χ3n) is 3.13. The molecule has 1 amide bonds. The van der Waals surface area contributed by atoms with E-state index in [0.29, 0.717) is 11.3 Å². The van der Waals surface area contributed by atoms with Crippen LogP contribution in [0.2, 0.25) is 0 Å². The van der Waals surface area contributed by atoms with Crippen molar-refractivity contribution < 1.29 is 17.9 Å². The highest BCUT2D eigenvalue weighted by molar-refractivity contribution is 7.90. The minimum absolute atomic E-state index is 0.276. The molecular formula is C18H21NO4S. The van der Waals surface area contributed by atoms with Crippen LogP contribution in [-0.4, -0.2) is 26.4 Å². The average molecular weight is 347 g/mol. The summed E-state index contributed by atoms with van der Waals surface area (Å²) < 4.78 is 29.0. The van der Waals surface area contributed by atoms with Gasteiger partial charge in [0.15, 0.2) is 9.84 Å². The maximum Gasteiger partial charge on any atom is 0.412 e. The first kappa shape index (κ1) is 18.0. The molecule has 6 heteroatoms. The fraction of sp³-hybridized carbons (Fsp3) is 0.278. The molecular weight excluding hydrogens is 326 g/mol. The summed E-state index contributed by atoms with van der Waals surface area (Å²) in [6.45, 7) is 5.37. The van der Waals surface area contributed by atoms with Gasteiger partial charge in [-0.2, -0.15) is 0 Å². The van der Waals surface area contributed by atoms with Crippen LogP contribution in [0.25, 0.3) is 11.1 Å². The Bertz CT molecular complexity index is 834. The van der Waals surface area contributed by atoms with Gasteiger partial charge in [-0.25, -0.2) is 13.2 Å². The third-order valence-corrected chi connectivity index (χ3v) is 4.28. The Labute approximate surface area is 142 Å². The van der Waals surface area contributed by atoms with Crippen molar-refractivity contribution in [3.05, 3.63) is 48.5 Å². The molecule has 0 heterocycles. The van der Waals surface area contributed by atoms with Gasteiger partial charge in [0.25, 0.3) is 0 Å². The monoisotopic (exact) mass is 347 g/mol. The van der Waals surface area contributed by atoms with Gasteiger partial charge in [0, 0.05) is 17.5 Å². The lowest BCUT2D eigenvalue weighted by molar-refractivity contribution is 0.0636. The Hall–Kier alpha value is -2.34. The third kappa shape index (κ3) is 4.83. The summed E-state index contributed by atoms with van der Waals surface area (Å²) in [6.07, 6.45) is 0.649. The summed E-state index contributed by atoms with van der Waals surface area (Å²) in [6, 6.07) is 13.8. The maximum atomic E-state index is 11.9. The van der Waals surface area contributed by atoms with Gasteiger partial charge < -0.3 is 4.74 Å². The van der Waals surface area contributed by atoms with Crippen LogP contribution in [0.4, 0.5) is 10.5 Å². The molecule has 128 valence electrons. The van der Waals surface area contributed by atoms with E-state index in [4.69, 9.17) is 4.74 Å². The molecule has 2 aromatic carbocycles. The van der Waals surface area contributed by atoms with Crippen LogP contribution in [-0.2, 0) is 14.6 Å². The Morgan fingerprint density at radius 3 is 2.12 bits per heavy atom. The molecule has 0 atom stereocenters. The maximum absolute atomic E-state index is 11.9. The van der Waals surface area contributed by atoms with Gasteiger partial charge in [0.2, 0.25) is 0 Å². The number of carbonyl (C=O) groups excluding carboxylic acids is 1. The van der Waals surface area contributed by atoms with Crippen molar-refractivity contribution in [2.75, 3.05) is 11.6 Å². The molecule has 0 bridgehead atoms. The zero-order valence-electron chi connectivity index (χ0n) is 14.2. The lowest BCUT2D eigenvalue weighted by atomic mass is 10.1. The van der Waals surface area contributed by atoms with Crippen LogP contribution in [0.15, 0.2) is 53.4 Å². The number of rotatable bonds is 3. The van der Waals surface area contributed by atoms with Crippen molar-refractivity contribution in [2.24, 2.45) is 0 Å². The molecule has 24 heavy (non-hydrogen) atoms. The van der Waals surface area contributed by atoms with E-state index in [-0.39, 0.29) is 4.90 Å². The number of sulfone groups is 1. The van der Waals surface area contributed by atoms with Gasteiger partial charge in [0.05, 0.1) is 4.90 Å². The topological polar surface area (TPSA) is 72.5 Å². The van der Waals surface area contributed by atoms with Crippen molar-refractivity contribution in [1.82, 2.24) is 0 Å². The number of hydrogen-bond acceptors (Lipinski definition) is 4. The Morgan fingerprint density at radius 2 is 1.58 bits per heavy atom. The number of benzene rings is 2. The van der Waals surface area contributed by atoms with Crippen LogP contribution in [0.5, 0.6) is 0 Å². The predicted molar refractivity (Wildman–Crippen MR) is 94.8 cm³/mol. The SMILES string of the molecule is CC(C)(C)OC(=O)Nc1ccc(-c2ccccc2S(C)(=O)=O)cc1. The summed E-state index contributed by atoms with van der Waals surface area (Å²) in [5.41, 5.74) is 1.39. The van der Waals surface area contributed by atoms with E-state index in [0.717, 1.165) is 5.56 Å². The average Bonchev–Trinajstić information content (AvgIpc) is 2.45. The Morgan fingerprint density at radius 1 is 1.00 bits per heavy atom. The van der Waals surface area contributed by atoms with Gasteiger partial charge in [-0.15, -0.1) is 0 Å². The van der Waals surface area contributed by atoms with Crippen LogP contribution in [0.1, 0.15) is 20.8 Å². The normalized spacial score (nSPS) is 11.8. The fourth-order valence-corrected chi connectivity index (χ4v) is 3.09. The zero-order valence-corrected chi connectivity index (χ0v) is 15.0. The molecule has 0 aromatic heterocycles. The number of nitrogens with one attached hydrogen (secondary N) is 1. The van der Waals surface area contributed by atoms with Crippen LogP contribution in [0.3, 0.4) is 0 Å². The summed E-state index contributed by atoms with van der Waals surface area (Å²) in [5.74, 6) is 0. The Kier molecular flexibility index (Phi) is 4.99. The van der Waals surface area contributed by atoms with E-state index >= 15 is 0 Å². The lowest BCUT2D eigenvalue weighted by Gasteiger charge is -2.19. The second-order valence-electron chi connectivity index (χ2n) is 6.47. The predicted octanol–water partition coefficient (Wildman–Crippen LogP) is 4.10. The van der Waals surface area contributed by atoms with Crippen molar-refractivity contribution in [1.29, 1.82) is 0 Å². The van der Waals surface area contributed by atoms with E-state index in [9.17, 15) is 13.2 Å². The highest BCUT2D eigenvalue weighted by Gasteiger charge is 2.17. The highest BCUT2D eigenvalue weighted by Crippen LogP contribution is 2.28. The molecule has 2 aromatic rings. The second-order valence-corrected chi connectivity index (χ2v) is 8.46. The van der Waals surface area contributed by atoms with Gasteiger partial charge in [0.1, 0.15) is 5.60 Å². The zero-order chi connectivity index (χ0) is 18.0. The minimum atomic E-state index is -3.32. The summed E-state index contributed by atoms with van der Waals surface area (Å²) in [5, 5.41) is 2.64. The Balaban J connectivity index is 2.24. The van der Waals surface area contributed by atoms with E-state index in [2.05, 4.69) is 5.32 Å². The lowest BCUT2D eigenvalue weighted by Crippen LogP contribution is -2.27. The number of hydrogen-bond donors (Lipinski definition) is 1. The first-order valence-corrected chi connectivity index (χ1v) is 9.35. The molecule has 0 saturated heterocycles. The molecule has 2 rings (SSSR count). The van der Waals surface area contributed by atoms with E-state index in [1.165, 1.54) is 6.26 Å². The first-order chi connectivity index (χ1) is 11.1. The van der Waals surface area contributed by atoms with Gasteiger partial charge in [-0.1, -0.05) is 30.3 Å². The van der Waals surface area contributed by atoms with Gasteiger partial charge >= 0.3 is 6.09 Å². The summed E-state index contributed by atoms with van der Waals surface area (Å²) >= 11 is 0. The molecule has 0 unspecified atom stereocenters. The molecule has 0 aliphatic heterocycles. The van der Waals surface area contributed by atoms with E-state index in [1.807, 2.05) is 0 Å². The smallest absolute Gasteiger partial charge is 0.412 e. The quantitative estimate of drug-likeness (QED) is 0.907. The molecule has 0 aliphatic rings. The second kappa shape index (κ2) is 6.65. The van der Waals surface area contributed by atoms with E-state index < -0.39 is 21.5 Å². The number of ether oxygens (including phenoxy) is 1. The molecule has 0 spiro atoms. The number of carbonyl (C=O) groups is 1. The van der Waals surface area contributed by atoms with Crippen molar-refractivity contribution in [2.45, 2.75) is 31.3 Å². The highest BCUT2D eigenvalue weighted by atomic mass is 32.2. The standard InChI is InChI=1S/C18H21NO4S/c1-18(2,3)23-17(20)19-14-11-9-13(10-12-14)15-7-5-6-8-16(15)24(4,21)22/h5-12H,1-4H3,(H,19,20). The van der Waals surface area contributed by atoms with Crippen molar-refractivity contribution in [3.8, 4) is 11.1 Å². The largest absolute Gasteiger partial charge is 0.444 e. The molecule has 0 aliphatic carbocycles. The molecule has 0 radical (unpaired) electrons. The van der Waals surface area contributed by atoms with Crippen molar-refractivity contribution in [3.63, 3.8) is 0 Å². The number of anilines is 1. The molecule has 1 N–H and O–H groups in total. The molecule has 0 saturated carbocycles.